The van der Waals surface area contributed by atoms with Crippen LogP contribution in [0, 0.1) is 5.92 Å². The van der Waals surface area contributed by atoms with Crippen LogP contribution in [0.25, 0.3) is 0 Å². The highest BCUT2D eigenvalue weighted by molar-refractivity contribution is 7.17. The summed E-state index contributed by atoms with van der Waals surface area (Å²) in [5, 5.41) is 3.41. The minimum absolute atomic E-state index is 0.340. The number of fused-ring (bicyclic) bond motifs is 1. The van der Waals surface area contributed by atoms with E-state index in [-0.39, 0.29) is 5.91 Å². The summed E-state index contributed by atoms with van der Waals surface area (Å²) < 4.78 is 15.5. The second kappa shape index (κ2) is 8.00. The third-order valence-corrected chi connectivity index (χ3v) is 5.95. The van der Waals surface area contributed by atoms with Crippen molar-refractivity contribution in [2.45, 2.75) is 26.2 Å². The molecule has 1 aliphatic rings. The number of carbonyl (C=O) groups excluding carboxylic acids is 2. The topological polar surface area (TPSA) is 73.9 Å². The number of rotatable bonds is 5. The van der Waals surface area contributed by atoms with Gasteiger partial charge in [0.15, 0.2) is 0 Å². The first-order valence-electron chi connectivity index (χ1n) is 8.74. The third-order valence-electron chi connectivity index (χ3n) is 4.78. The van der Waals surface area contributed by atoms with E-state index in [0.29, 0.717) is 33.5 Å². The van der Waals surface area contributed by atoms with Gasteiger partial charge >= 0.3 is 5.97 Å². The van der Waals surface area contributed by atoms with E-state index < -0.39 is 5.97 Å². The Kier molecular flexibility index (Phi) is 5.70. The van der Waals surface area contributed by atoms with Crippen molar-refractivity contribution in [1.29, 1.82) is 0 Å². The summed E-state index contributed by atoms with van der Waals surface area (Å²) in [5.41, 5.74) is 1.81. The second-order valence-electron chi connectivity index (χ2n) is 6.57. The van der Waals surface area contributed by atoms with Gasteiger partial charge in [-0.1, -0.05) is 6.92 Å². The summed E-state index contributed by atoms with van der Waals surface area (Å²) in [6, 6.07) is 5.01. The highest BCUT2D eigenvalue weighted by atomic mass is 32.1. The molecule has 1 aromatic heterocycles. The molecule has 0 bridgehead atoms. The number of nitrogens with one attached hydrogen (secondary N) is 1. The highest BCUT2D eigenvalue weighted by Crippen LogP contribution is 2.40. The number of carbonyl (C=O) groups is 2. The molecule has 27 heavy (non-hydrogen) atoms. The monoisotopic (exact) mass is 389 g/mol. The molecule has 3 rings (SSSR count). The zero-order valence-electron chi connectivity index (χ0n) is 15.9. The van der Waals surface area contributed by atoms with Crippen molar-refractivity contribution in [2.24, 2.45) is 5.92 Å². The number of hydrogen-bond acceptors (Lipinski definition) is 6. The van der Waals surface area contributed by atoms with Crippen molar-refractivity contribution in [3.8, 4) is 11.5 Å². The molecule has 1 N–H and O–H groups in total. The van der Waals surface area contributed by atoms with Crippen LogP contribution >= 0.6 is 11.3 Å². The quantitative estimate of drug-likeness (QED) is 0.785. The lowest BCUT2D eigenvalue weighted by atomic mass is 9.88. The lowest BCUT2D eigenvalue weighted by molar-refractivity contribution is 0.0601. The van der Waals surface area contributed by atoms with E-state index in [9.17, 15) is 9.59 Å². The molecule has 0 fully saturated rings. The molecule has 0 saturated heterocycles. The molecule has 2 aromatic rings. The van der Waals surface area contributed by atoms with E-state index >= 15 is 0 Å². The maximum atomic E-state index is 12.9. The summed E-state index contributed by atoms with van der Waals surface area (Å²) in [6.07, 6.45) is 2.74. The van der Waals surface area contributed by atoms with E-state index in [4.69, 9.17) is 14.2 Å². The number of amides is 1. The molecular formula is C20H23NO5S. The molecule has 0 aliphatic heterocycles. The average molecular weight is 389 g/mol. The minimum Gasteiger partial charge on any atom is -0.497 e. The minimum atomic E-state index is -0.421. The number of thiophene rings is 1. The lowest BCUT2D eigenvalue weighted by Crippen LogP contribution is -2.16. The van der Waals surface area contributed by atoms with Crippen LogP contribution in [0.1, 0.15) is 44.5 Å². The van der Waals surface area contributed by atoms with Crippen LogP contribution in [0.3, 0.4) is 0 Å². The molecule has 1 aromatic carbocycles. The molecule has 144 valence electrons. The van der Waals surface area contributed by atoms with Crippen LogP contribution < -0.4 is 14.8 Å². The van der Waals surface area contributed by atoms with Crippen molar-refractivity contribution in [1.82, 2.24) is 0 Å². The molecule has 1 aliphatic carbocycles. The molecule has 0 spiro atoms. The van der Waals surface area contributed by atoms with Crippen LogP contribution in [0.2, 0.25) is 0 Å². The summed E-state index contributed by atoms with van der Waals surface area (Å²) in [7, 11) is 4.39. The number of methoxy groups -OCH3 is 3. The number of hydrogen-bond donors (Lipinski definition) is 1. The Morgan fingerprint density at radius 3 is 2.63 bits per heavy atom. The Morgan fingerprint density at radius 1 is 1.19 bits per heavy atom. The molecule has 1 atom stereocenters. The van der Waals surface area contributed by atoms with Crippen molar-refractivity contribution in [3.63, 3.8) is 0 Å². The molecule has 0 saturated carbocycles. The van der Waals surface area contributed by atoms with Gasteiger partial charge in [0.1, 0.15) is 16.5 Å². The average Bonchev–Trinajstić information content (AvgIpc) is 3.03. The smallest absolute Gasteiger partial charge is 0.341 e. The van der Waals surface area contributed by atoms with Gasteiger partial charge in [0.25, 0.3) is 5.91 Å². The van der Waals surface area contributed by atoms with E-state index in [0.717, 1.165) is 29.7 Å². The Balaban J connectivity index is 1.98. The fraction of sp³-hybridized carbons (Fsp3) is 0.400. The predicted molar refractivity (Wildman–Crippen MR) is 104 cm³/mol. The Hall–Kier alpha value is -2.54. The Labute approximate surface area is 162 Å². The first-order chi connectivity index (χ1) is 13.0. The molecule has 1 unspecified atom stereocenters. The third kappa shape index (κ3) is 3.78. The van der Waals surface area contributed by atoms with E-state index in [2.05, 4.69) is 12.2 Å². The molecule has 1 amide bonds. The van der Waals surface area contributed by atoms with E-state index in [1.165, 1.54) is 32.7 Å². The Bertz CT molecular complexity index is 873. The predicted octanol–water partition coefficient (Wildman–Crippen LogP) is 3.93. The summed E-state index contributed by atoms with van der Waals surface area (Å²) in [5.74, 6) is 0.762. The summed E-state index contributed by atoms with van der Waals surface area (Å²) in [4.78, 5) is 26.4. The second-order valence-corrected chi connectivity index (χ2v) is 7.67. The molecule has 6 nitrogen and oxygen atoms in total. The van der Waals surface area contributed by atoms with Crippen molar-refractivity contribution >= 4 is 28.2 Å². The van der Waals surface area contributed by atoms with Gasteiger partial charge in [0.2, 0.25) is 0 Å². The number of esters is 1. The van der Waals surface area contributed by atoms with Gasteiger partial charge in [-0.15, -0.1) is 11.3 Å². The van der Waals surface area contributed by atoms with Crippen LogP contribution in [0.4, 0.5) is 5.00 Å². The molecule has 7 heteroatoms. The van der Waals surface area contributed by atoms with Gasteiger partial charge in [-0.2, -0.15) is 0 Å². The fourth-order valence-corrected chi connectivity index (χ4v) is 4.71. The zero-order chi connectivity index (χ0) is 19.6. The SMILES string of the molecule is COC(=O)c1c(NC(=O)c2cc(OC)ccc2OC)sc2c1CCC(C)C2. The van der Waals surface area contributed by atoms with Gasteiger partial charge in [-0.3, -0.25) is 4.79 Å². The fourth-order valence-electron chi connectivity index (χ4n) is 3.32. The van der Waals surface area contributed by atoms with Crippen molar-refractivity contribution < 1.29 is 23.8 Å². The number of ether oxygens (including phenoxy) is 3. The largest absolute Gasteiger partial charge is 0.497 e. The van der Waals surface area contributed by atoms with Crippen LogP contribution in [-0.2, 0) is 17.6 Å². The van der Waals surface area contributed by atoms with Crippen LogP contribution in [0.5, 0.6) is 11.5 Å². The van der Waals surface area contributed by atoms with Crippen molar-refractivity contribution in [3.05, 3.63) is 39.8 Å². The molecule has 0 radical (unpaired) electrons. The number of benzene rings is 1. The molecule has 1 heterocycles. The highest BCUT2D eigenvalue weighted by Gasteiger charge is 2.29. The van der Waals surface area contributed by atoms with Crippen LogP contribution in [-0.4, -0.2) is 33.2 Å². The lowest BCUT2D eigenvalue weighted by Gasteiger charge is -2.18. The first-order valence-corrected chi connectivity index (χ1v) is 9.56. The van der Waals surface area contributed by atoms with Gasteiger partial charge < -0.3 is 19.5 Å². The van der Waals surface area contributed by atoms with Gasteiger partial charge in [-0.25, -0.2) is 4.79 Å². The maximum absolute atomic E-state index is 12.9. The first kappa shape index (κ1) is 19.2. The van der Waals surface area contributed by atoms with Gasteiger partial charge in [0.05, 0.1) is 32.5 Å². The van der Waals surface area contributed by atoms with E-state index in [1.54, 1.807) is 18.2 Å². The van der Waals surface area contributed by atoms with Gasteiger partial charge in [-0.05, 0) is 48.9 Å². The molecular weight excluding hydrogens is 366 g/mol. The Morgan fingerprint density at radius 2 is 1.96 bits per heavy atom. The van der Waals surface area contributed by atoms with Crippen molar-refractivity contribution in [2.75, 3.05) is 26.6 Å². The standard InChI is InChI=1S/C20H23NO5S/c1-11-5-7-13-16(9-11)27-19(17(13)20(23)26-4)21-18(22)14-10-12(24-2)6-8-15(14)25-3/h6,8,10-11H,5,7,9H2,1-4H3,(H,21,22). The maximum Gasteiger partial charge on any atom is 0.341 e. The summed E-state index contributed by atoms with van der Waals surface area (Å²) in [6.45, 7) is 2.19. The zero-order valence-corrected chi connectivity index (χ0v) is 16.7. The van der Waals surface area contributed by atoms with E-state index in [1.807, 2.05) is 0 Å². The van der Waals surface area contributed by atoms with Crippen LogP contribution in [0.15, 0.2) is 18.2 Å². The number of anilines is 1. The van der Waals surface area contributed by atoms with Gasteiger partial charge in [0, 0.05) is 4.88 Å². The normalized spacial score (nSPS) is 15.6. The summed E-state index contributed by atoms with van der Waals surface area (Å²) >= 11 is 1.45.